The fourth-order valence-corrected chi connectivity index (χ4v) is 6.89. The SMILES string of the molecule is CC(=O)C1=C2CC[C@@H]3[C@@H](CC[C@]4(C)C(=O)CC[C@@H]34)[C@@]2(C)CCC1=O. The molecule has 5 atom stereocenters. The van der Waals surface area contributed by atoms with Crippen molar-refractivity contribution in [3.63, 3.8) is 0 Å². The molecule has 0 spiro atoms. The van der Waals surface area contributed by atoms with Gasteiger partial charge in [0.05, 0.1) is 5.57 Å². The summed E-state index contributed by atoms with van der Waals surface area (Å²) in [7, 11) is 0. The number of hydrogen-bond donors (Lipinski definition) is 0. The molecule has 4 aliphatic carbocycles. The zero-order chi connectivity index (χ0) is 17.3. The largest absolute Gasteiger partial charge is 0.299 e. The van der Waals surface area contributed by atoms with E-state index < -0.39 is 0 Å². The van der Waals surface area contributed by atoms with Gasteiger partial charge in [0.15, 0.2) is 11.6 Å². The summed E-state index contributed by atoms with van der Waals surface area (Å²) in [6, 6.07) is 0. The fourth-order valence-electron chi connectivity index (χ4n) is 6.89. The van der Waals surface area contributed by atoms with Crippen molar-refractivity contribution in [1.29, 1.82) is 0 Å². The summed E-state index contributed by atoms with van der Waals surface area (Å²) in [5, 5.41) is 0. The minimum atomic E-state index is -0.105. The summed E-state index contributed by atoms with van der Waals surface area (Å²) in [5.74, 6) is 2.13. The molecule has 0 bridgehead atoms. The van der Waals surface area contributed by atoms with E-state index >= 15 is 0 Å². The molecule has 0 aromatic heterocycles. The number of rotatable bonds is 1. The van der Waals surface area contributed by atoms with Gasteiger partial charge in [0.1, 0.15) is 5.78 Å². The predicted octanol–water partition coefficient (Wildman–Crippen LogP) is 4.05. The van der Waals surface area contributed by atoms with Crippen molar-refractivity contribution < 1.29 is 14.4 Å². The number of fused-ring (bicyclic) bond motifs is 5. The van der Waals surface area contributed by atoms with Gasteiger partial charge < -0.3 is 0 Å². The Labute approximate surface area is 144 Å². The van der Waals surface area contributed by atoms with E-state index in [1.54, 1.807) is 6.92 Å². The second kappa shape index (κ2) is 5.12. The Morgan fingerprint density at radius 2 is 1.62 bits per heavy atom. The third-order valence-electron chi connectivity index (χ3n) is 8.19. The van der Waals surface area contributed by atoms with Crippen molar-refractivity contribution in [2.24, 2.45) is 28.6 Å². The third kappa shape index (κ3) is 1.93. The Morgan fingerprint density at radius 3 is 2.33 bits per heavy atom. The number of ketones is 3. The summed E-state index contributed by atoms with van der Waals surface area (Å²) in [6.07, 6.45) is 7.18. The fraction of sp³-hybridized carbons (Fsp3) is 0.762. The lowest BCUT2D eigenvalue weighted by Crippen LogP contribution is -2.51. The average molecular weight is 328 g/mol. The minimum absolute atomic E-state index is 0.00913. The molecule has 0 amide bonds. The van der Waals surface area contributed by atoms with Gasteiger partial charge >= 0.3 is 0 Å². The molecule has 4 aliphatic rings. The maximum absolute atomic E-state index is 12.5. The summed E-state index contributed by atoms with van der Waals surface area (Å²) in [4.78, 5) is 36.9. The van der Waals surface area contributed by atoms with Crippen molar-refractivity contribution in [3.8, 4) is 0 Å². The number of hydrogen-bond acceptors (Lipinski definition) is 3. The van der Waals surface area contributed by atoms with Gasteiger partial charge in [0.25, 0.3) is 0 Å². The molecule has 3 fully saturated rings. The van der Waals surface area contributed by atoms with Crippen LogP contribution in [0.4, 0.5) is 0 Å². The van der Waals surface area contributed by atoms with Crippen LogP contribution in [0.15, 0.2) is 11.1 Å². The van der Waals surface area contributed by atoms with E-state index in [4.69, 9.17) is 0 Å². The van der Waals surface area contributed by atoms with E-state index in [0.717, 1.165) is 50.5 Å². The first-order chi connectivity index (χ1) is 11.3. The Kier molecular flexibility index (Phi) is 3.47. The van der Waals surface area contributed by atoms with Crippen molar-refractivity contribution in [1.82, 2.24) is 0 Å². The molecule has 0 radical (unpaired) electrons. The highest BCUT2D eigenvalue weighted by Crippen LogP contribution is 2.64. The van der Waals surface area contributed by atoms with E-state index in [9.17, 15) is 14.4 Å². The molecule has 0 aromatic carbocycles. The van der Waals surface area contributed by atoms with Crippen LogP contribution >= 0.6 is 0 Å². The van der Waals surface area contributed by atoms with Crippen molar-refractivity contribution in [2.45, 2.75) is 72.1 Å². The molecule has 130 valence electrons. The van der Waals surface area contributed by atoms with Gasteiger partial charge in [-0.05, 0) is 74.2 Å². The van der Waals surface area contributed by atoms with Crippen LogP contribution < -0.4 is 0 Å². The van der Waals surface area contributed by atoms with Crippen LogP contribution in [0.2, 0.25) is 0 Å². The lowest BCUT2D eigenvalue weighted by Gasteiger charge is -2.57. The number of carbonyl (C=O) groups excluding carboxylic acids is 3. The van der Waals surface area contributed by atoms with Crippen molar-refractivity contribution in [3.05, 3.63) is 11.1 Å². The number of allylic oxidation sites excluding steroid dienone is 1. The first-order valence-electron chi connectivity index (χ1n) is 9.60. The highest BCUT2D eigenvalue weighted by atomic mass is 16.1. The molecule has 3 heteroatoms. The molecule has 0 saturated heterocycles. The Hall–Kier alpha value is -1.25. The molecule has 0 aromatic rings. The predicted molar refractivity (Wildman–Crippen MR) is 91.3 cm³/mol. The van der Waals surface area contributed by atoms with E-state index in [1.807, 2.05) is 0 Å². The molecule has 0 unspecified atom stereocenters. The first-order valence-corrected chi connectivity index (χ1v) is 9.60. The molecular formula is C21H28O3. The highest BCUT2D eigenvalue weighted by molar-refractivity contribution is 6.20. The van der Waals surface area contributed by atoms with Gasteiger partial charge in [0, 0.05) is 18.3 Å². The summed E-state index contributed by atoms with van der Waals surface area (Å²) in [6.45, 7) is 6.04. The average Bonchev–Trinajstić information content (AvgIpc) is 2.83. The van der Waals surface area contributed by atoms with E-state index in [1.165, 1.54) is 0 Å². The van der Waals surface area contributed by atoms with Gasteiger partial charge in [-0.2, -0.15) is 0 Å². The standard InChI is InChI=1S/C21H28O3/c1-12(22)19-16-5-4-13-14-6-7-18(24)21(14,3)10-8-15(13)20(16,2)11-9-17(19)23/h13-15H,4-11H2,1-3H3/t13-,14-,15+,20+,21-/m0/s1. The van der Waals surface area contributed by atoms with Crippen molar-refractivity contribution in [2.75, 3.05) is 0 Å². The van der Waals surface area contributed by atoms with Crippen LogP contribution in [0.1, 0.15) is 72.1 Å². The monoisotopic (exact) mass is 328 g/mol. The lowest BCUT2D eigenvalue weighted by molar-refractivity contribution is -0.132. The Morgan fingerprint density at radius 1 is 0.917 bits per heavy atom. The molecule has 4 rings (SSSR count). The van der Waals surface area contributed by atoms with Crippen LogP contribution in [0.5, 0.6) is 0 Å². The summed E-state index contributed by atoms with van der Waals surface area (Å²) >= 11 is 0. The zero-order valence-corrected chi connectivity index (χ0v) is 15.1. The Bertz CT molecular complexity index is 673. The van der Waals surface area contributed by atoms with E-state index in [0.29, 0.717) is 35.5 Å². The molecular weight excluding hydrogens is 300 g/mol. The quantitative estimate of drug-likeness (QED) is 0.682. The molecule has 3 saturated carbocycles. The Balaban J connectivity index is 1.76. The van der Waals surface area contributed by atoms with E-state index in [2.05, 4.69) is 13.8 Å². The van der Waals surface area contributed by atoms with Gasteiger partial charge in [0.2, 0.25) is 0 Å². The van der Waals surface area contributed by atoms with Gasteiger partial charge in [-0.15, -0.1) is 0 Å². The first kappa shape index (κ1) is 16.2. The van der Waals surface area contributed by atoms with Crippen LogP contribution in [0.3, 0.4) is 0 Å². The maximum Gasteiger partial charge on any atom is 0.166 e. The molecule has 24 heavy (non-hydrogen) atoms. The third-order valence-corrected chi connectivity index (χ3v) is 8.19. The van der Waals surface area contributed by atoms with Crippen LogP contribution in [0.25, 0.3) is 0 Å². The second-order valence-corrected chi connectivity index (χ2v) is 9.08. The lowest BCUT2D eigenvalue weighted by atomic mass is 9.47. The normalized spacial score (nSPS) is 44.9. The van der Waals surface area contributed by atoms with Gasteiger partial charge in [-0.3, -0.25) is 14.4 Å². The molecule has 0 N–H and O–H groups in total. The summed E-state index contributed by atoms with van der Waals surface area (Å²) < 4.78 is 0. The zero-order valence-electron chi connectivity index (χ0n) is 15.1. The van der Waals surface area contributed by atoms with Crippen LogP contribution in [-0.2, 0) is 14.4 Å². The minimum Gasteiger partial charge on any atom is -0.299 e. The maximum atomic E-state index is 12.5. The van der Waals surface area contributed by atoms with Gasteiger partial charge in [-0.1, -0.05) is 13.8 Å². The van der Waals surface area contributed by atoms with Crippen LogP contribution in [-0.4, -0.2) is 17.3 Å². The highest BCUT2D eigenvalue weighted by Gasteiger charge is 2.59. The smallest absolute Gasteiger partial charge is 0.166 e. The summed E-state index contributed by atoms with van der Waals surface area (Å²) in [5.41, 5.74) is 1.57. The number of Topliss-reactive ketones (excluding diaryl/α,β-unsaturated/α-hetero) is 3. The van der Waals surface area contributed by atoms with E-state index in [-0.39, 0.29) is 22.4 Å². The molecule has 0 aliphatic heterocycles. The topological polar surface area (TPSA) is 51.2 Å². The molecule has 3 nitrogen and oxygen atoms in total. The molecule has 0 heterocycles. The second-order valence-electron chi connectivity index (χ2n) is 9.08. The number of carbonyl (C=O) groups is 3. The van der Waals surface area contributed by atoms with Crippen LogP contribution in [0, 0.1) is 28.6 Å². The van der Waals surface area contributed by atoms with Crippen molar-refractivity contribution >= 4 is 17.3 Å². The van der Waals surface area contributed by atoms with Gasteiger partial charge in [-0.25, -0.2) is 0 Å².